The highest BCUT2D eigenvalue weighted by atomic mass is 32.1. The van der Waals surface area contributed by atoms with Gasteiger partial charge in [-0.25, -0.2) is 4.79 Å². The highest BCUT2D eigenvalue weighted by Crippen LogP contribution is 2.21. The molecule has 13 heavy (non-hydrogen) atoms. The summed E-state index contributed by atoms with van der Waals surface area (Å²) in [6.07, 6.45) is -0.772. The van der Waals surface area contributed by atoms with Crippen molar-refractivity contribution in [2.24, 2.45) is 0 Å². The number of aliphatic hydroxyl groups is 1. The van der Waals surface area contributed by atoms with Crippen LogP contribution in [-0.2, 0) is 14.3 Å². The maximum atomic E-state index is 10.5. The van der Waals surface area contributed by atoms with Crippen LogP contribution in [0, 0.1) is 0 Å². The van der Waals surface area contributed by atoms with Crippen LogP contribution >= 0.6 is 12.6 Å². The lowest BCUT2D eigenvalue weighted by Gasteiger charge is -2.21. The van der Waals surface area contributed by atoms with Crippen LogP contribution in [-0.4, -0.2) is 45.4 Å². The molecular weight excluding hydrogens is 200 g/mol. The summed E-state index contributed by atoms with van der Waals surface area (Å²) >= 11 is 3.57. The topological polar surface area (TPSA) is 104 Å². The Bertz CT molecular complexity index is 205. The first kappa shape index (κ1) is 12.2. The average Bonchev–Trinajstić information content (AvgIpc) is 1.99. The first-order valence-corrected chi connectivity index (χ1v) is 3.79. The van der Waals surface area contributed by atoms with Crippen LogP contribution in [0.3, 0.4) is 0 Å². The molecule has 3 N–H and O–H groups in total. The number of thiol groups is 1. The largest absolute Gasteiger partial charge is 0.481 e. The van der Waals surface area contributed by atoms with E-state index in [-0.39, 0.29) is 6.61 Å². The molecular formula is C6H10O6S. The molecule has 0 aliphatic carbocycles. The zero-order valence-electron chi connectivity index (χ0n) is 6.63. The number of aliphatic carboxylic acids is 2. The third kappa shape index (κ3) is 4.11. The van der Waals surface area contributed by atoms with E-state index in [4.69, 9.17) is 15.3 Å². The molecule has 0 aromatic carbocycles. The van der Waals surface area contributed by atoms with Crippen molar-refractivity contribution in [3.8, 4) is 0 Å². The van der Waals surface area contributed by atoms with Gasteiger partial charge in [0.1, 0.15) is 0 Å². The third-order valence-electron chi connectivity index (χ3n) is 1.16. The summed E-state index contributed by atoms with van der Waals surface area (Å²) in [6.45, 7) is -0.668. The molecule has 0 saturated heterocycles. The van der Waals surface area contributed by atoms with Crippen LogP contribution in [0.5, 0.6) is 0 Å². The maximum Gasteiger partial charge on any atom is 0.347 e. The predicted molar refractivity (Wildman–Crippen MR) is 44.6 cm³/mol. The molecule has 0 fully saturated rings. The van der Waals surface area contributed by atoms with E-state index in [1.54, 1.807) is 0 Å². The van der Waals surface area contributed by atoms with Crippen molar-refractivity contribution in [3.63, 3.8) is 0 Å². The van der Waals surface area contributed by atoms with Crippen LogP contribution in [0.1, 0.15) is 6.42 Å². The van der Waals surface area contributed by atoms with Crippen LogP contribution in [0.15, 0.2) is 0 Å². The van der Waals surface area contributed by atoms with Crippen LogP contribution < -0.4 is 0 Å². The Labute approximate surface area is 79.5 Å². The second-order valence-electron chi connectivity index (χ2n) is 2.23. The van der Waals surface area contributed by atoms with E-state index < -0.39 is 29.9 Å². The number of carboxylic acids is 2. The second-order valence-corrected chi connectivity index (χ2v) is 2.95. The van der Waals surface area contributed by atoms with Crippen molar-refractivity contribution in [1.29, 1.82) is 0 Å². The van der Waals surface area contributed by atoms with Crippen molar-refractivity contribution < 1.29 is 29.6 Å². The van der Waals surface area contributed by atoms with Crippen molar-refractivity contribution in [2.45, 2.75) is 11.4 Å². The van der Waals surface area contributed by atoms with E-state index in [0.29, 0.717) is 0 Å². The minimum Gasteiger partial charge on any atom is -0.481 e. The number of hydrogen-bond acceptors (Lipinski definition) is 5. The maximum absolute atomic E-state index is 10.5. The summed E-state index contributed by atoms with van der Waals surface area (Å²) in [4.78, 5) is 18.7. The quantitative estimate of drug-likeness (QED) is 0.337. The number of rotatable bonds is 6. The van der Waals surface area contributed by atoms with Crippen LogP contribution in [0.2, 0.25) is 0 Å². The van der Waals surface area contributed by atoms with Crippen molar-refractivity contribution in [2.75, 3.05) is 13.2 Å². The van der Waals surface area contributed by atoms with E-state index in [9.17, 15) is 9.59 Å². The highest BCUT2D eigenvalue weighted by molar-refractivity contribution is 7.82. The van der Waals surface area contributed by atoms with Crippen molar-refractivity contribution in [3.05, 3.63) is 0 Å². The summed E-state index contributed by atoms with van der Waals surface area (Å²) < 4.78 is 4.58. The van der Waals surface area contributed by atoms with Crippen molar-refractivity contribution >= 4 is 24.6 Å². The molecule has 0 rings (SSSR count). The molecule has 7 heteroatoms. The summed E-state index contributed by atoms with van der Waals surface area (Å²) in [5, 5.41) is 25.3. The van der Waals surface area contributed by atoms with Gasteiger partial charge in [0.15, 0.2) is 0 Å². The number of carbonyl (C=O) groups is 2. The zero-order chi connectivity index (χ0) is 10.5. The fourth-order valence-electron chi connectivity index (χ4n) is 0.608. The molecule has 0 heterocycles. The number of hydrogen-bond donors (Lipinski definition) is 4. The lowest BCUT2D eigenvalue weighted by atomic mass is 10.2. The Balaban J connectivity index is 4.34. The minimum absolute atomic E-state index is 0.275. The van der Waals surface area contributed by atoms with Crippen LogP contribution in [0.4, 0.5) is 0 Å². The molecule has 0 radical (unpaired) electrons. The van der Waals surface area contributed by atoms with Gasteiger partial charge in [0.2, 0.25) is 4.93 Å². The van der Waals surface area contributed by atoms with Crippen molar-refractivity contribution in [1.82, 2.24) is 0 Å². The molecule has 0 amide bonds. The molecule has 1 atom stereocenters. The molecule has 0 aliphatic rings. The summed E-state index contributed by atoms with van der Waals surface area (Å²) in [5.41, 5.74) is 0. The van der Waals surface area contributed by atoms with Gasteiger partial charge in [-0.05, 0) is 0 Å². The van der Waals surface area contributed by atoms with E-state index in [2.05, 4.69) is 17.4 Å². The lowest BCUT2D eigenvalue weighted by molar-refractivity contribution is -0.161. The Morgan fingerprint density at radius 3 is 2.23 bits per heavy atom. The van der Waals surface area contributed by atoms with E-state index in [1.165, 1.54) is 0 Å². The minimum atomic E-state index is -2.07. The van der Waals surface area contributed by atoms with Gasteiger partial charge in [-0.2, -0.15) is 0 Å². The molecule has 76 valence electrons. The summed E-state index contributed by atoms with van der Waals surface area (Å²) in [7, 11) is 0. The number of aliphatic hydroxyl groups excluding tert-OH is 1. The van der Waals surface area contributed by atoms with Gasteiger partial charge in [-0.1, -0.05) is 0 Å². The Morgan fingerprint density at radius 1 is 1.38 bits per heavy atom. The highest BCUT2D eigenvalue weighted by Gasteiger charge is 2.38. The van der Waals surface area contributed by atoms with E-state index in [0.717, 1.165) is 0 Å². The van der Waals surface area contributed by atoms with Gasteiger partial charge in [-0.3, -0.25) is 4.79 Å². The molecule has 0 aromatic heterocycles. The molecule has 0 bridgehead atoms. The van der Waals surface area contributed by atoms with Gasteiger partial charge in [0.05, 0.1) is 19.6 Å². The van der Waals surface area contributed by atoms with E-state index >= 15 is 0 Å². The SMILES string of the molecule is O=C(O)CC(S)(OCCO)C(=O)O. The second kappa shape index (κ2) is 5.05. The number of carboxylic acid groups (broad SMARTS) is 2. The fourth-order valence-corrected chi connectivity index (χ4v) is 0.834. The molecule has 0 spiro atoms. The van der Waals surface area contributed by atoms with E-state index in [1.807, 2.05) is 0 Å². The average molecular weight is 210 g/mol. The molecule has 0 aromatic rings. The van der Waals surface area contributed by atoms with Gasteiger partial charge in [0, 0.05) is 0 Å². The lowest BCUT2D eigenvalue weighted by Crippen LogP contribution is -2.38. The zero-order valence-corrected chi connectivity index (χ0v) is 7.53. The molecule has 6 nitrogen and oxygen atoms in total. The summed E-state index contributed by atoms with van der Waals surface area (Å²) in [5.74, 6) is -2.83. The predicted octanol–water partition coefficient (Wildman–Crippen LogP) is -0.819. The van der Waals surface area contributed by atoms with Gasteiger partial charge < -0.3 is 20.1 Å². The molecule has 0 saturated carbocycles. The van der Waals surface area contributed by atoms with Gasteiger partial charge in [0.25, 0.3) is 0 Å². The van der Waals surface area contributed by atoms with Gasteiger partial charge in [-0.15, -0.1) is 12.6 Å². The number of ether oxygens (including phenoxy) is 1. The van der Waals surface area contributed by atoms with Gasteiger partial charge >= 0.3 is 11.9 Å². The normalized spacial score (nSPS) is 14.9. The molecule has 1 unspecified atom stereocenters. The first-order chi connectivity index (χ1) is 5.92. The first-order valence-electron chi connectivity index (χ1n) is 3.35. The Kier molecular flexibility index (Phi) is 4.74. The smallest absolute Gasteiger partial charge is 0.347 e. The standard InChI is InChI=1S/C6H10O6S/c7-1-2-12-6(13,5(10)11)3-4(8)9/h7,13H,1-3H2,(H,8,9)(H,10,11). The Morgan fingerprint density at radius 2 is 1.92 bits per heavy atom. The third-order valence-corrected chi connectivity index (χ3v) is 1.64. The fraction of sp³-hybridized carbons (Fsp3) is 0.667. The van der Waals surface area contributed by atoms with Crippen LogP contribution in [0.25, 0.3) is 0 Å². The monoisotopic (exact) mass is 210 g/mol. The molecule has 0 aliphatic heterocycles. The summed E-state index contributed by atoms with van der Waals surface area (Å²) in [6, 6.07) is 0. The Hall–Kier alpha value is -0.790.